The molecule has 0 atom stereocenters. The summed E-state index contributed by atoms with van der Waals surface area (Å²) in [5.41, 5.74) is 1.49. The van der Waals surface area contributed by atoms with Crippen molar-refractivity contribution in [3.8, 4) is 17.9 Å². The standard InChI is InChI=1S/C17H11FN2O/c18-16-7-5-13(6-8-16)12-21-17-4-2-1-3-15(17)9-14(10-19)11-20/h1-9H,12H2. The van der Waals surface area contributed by atoms with Gasteiger partial charge in [0, 0.05) is 5.56 Å². The van der Waals surface area contributed by atoms with E-state index >= 15 is 0 Å². The fourth-order valence-corrected chi connectivity index (χ4v) is 1.72. The van der Waals surface area contributed by atoms with Crippen molar-refractivity contribution >= 4 is 6.08 Å². The van der Waals surface area contributed by atoms with Gasteiger partial charge in [-0.3, -0.25) is 0 Å². The van der Waals surface area contributed by atoms with Crippen LogP contribution >= 0.6 is 0 Å². The van der Waals surface area contributed by atoms with Crippen LogP contribution in [-0.2, 0) is 6.61 Å². The first kappa shape index (κ1) is 14.3. The van der Waals surface area contributed by atoms with Crippen LogP contribution < -0.4 is 4.74 Å². The summed E-state index contributed by atoms with van der Waals surface area (Å²) < 4.78 is 18.5. The van der Waals surface area contributed by atoms with Crippen LogP contribution in [0, 0.1) is 28.5 Å². The van der Waals surface area contributed by atoms with Crippen LogP contribution in [0.5, 0.6) is 5.75 Å². The van der Waals surface area contributed by atoms with Crippen molar-refractivity contribution in [3.05, 3.63) is 71.0 Å². The predicted octanol–water partition coefficient (Wildman–Crippen LogP) is 3.84. The summed E-state index contributed by atoms with van der Waals surface area (Å²) in [6, 6.07) is 16.8. The van der Waals surface area contributed by atoms with E-state index < -0.39 is 0 Å². The lowest BCUT2D eigenvalue weighted by atomic mass is 10.1. The number of nitriles is 2. The molecule has 0 saturated heterocycles. The number of hydrogen-bond acceptors (Lipinski definition) is 3. The summed E-state index contributed by atoms with van der Waals surface area (Å²) in [4.78, 5) is 0. The molecule has 0 unspecified atom stereocenters. The van der Waals surface area contributed by atoms with Crippen LogP contribution in [0.2, 0.25) is 0 Å². The zero-order valence-electron chi connectivity index (χ0n) is 11.1. The maximum absolute atomic E-state index is 12.8. The third kappa shape index (κ3) is 3.92. The smallest absolute Gasteiger partial charge is 0.130 e. The normalized spacial score (nSPS) is 9.29. The summed E-state index contributed by atoms with van der Waals surface area (Å²) in [5, 5.41) is 17.6. The minimum Gasteiger partial charge on any atom is -0.488 e. The summed E-state index contributed by atoms with van der Waals surface area (Å²) in [5.74, 6) is 0.264. The lowest BCUT2D eigenvalue weighted by Crippen LogP contribution is -1.97. The molecule has 0 aliphatic rings. The van der Waals surface area contributed by atoms with E-state index in [4.69, 9.17) is 15.3 Å². The van der Waals surface area contributed by atoms with Crippen molar-refractivity contribution in [1.82, 2.24) is 0 Å². The van der Waals surface area contributed by atoms with Gasteiger partial charge >= 0.3 is 0 Å². The summed E-state index contributed by atoms with van der Waals surface area (Å²) >= 11 is 0. The summed E-state index contributed by atoms with van der Waals surface area (Å²) in [6.45, 7) is 0.277. The van der Waals surface area contributed by atoms with Gasteiger partial charge in [-0.05, 0) is 29.8 Å². The highest BCUT2D eigenvalue weighted by Gasteiger charge is 2.03. The van der Waals surface area contributed by atoms with E-state index in [1.807, 2.05) is 12.1 Å². The molecule has 2 rings (SSSR count). The van der Waals surface area contributed by atoms with Gasteiger partial charge in [0.25, 0.3) is 0 Å². The van der Waals surface area contributed by atoms with E-state index in [2.05, 4.69) is 0 Å². The van der Waals surface area contributed by atoms with Gasteiger partial charge in [0.1, 0.15) is 35.9 Å². The fraction of sp³-hybridized carbons (Fsp3) is 0.0588. The molecule has 0 bridgehead atoms. The number of ether oxygens (including phenoxy) is 1. The van der Waals surface area contributed by atoms with E-state index in [-0.39, 0.29) is 18.0 Å². The van der Waals surface area contributed by atoms with E-state index in [0.29, 0.717) is 11.3 Å². The maximum atomic E-state index is 12.8. The SMILES string of the molecule is N#CC(C#N)=Cc1ccccc1OCc1ccc(F)cc1. The molecule has 0 spiro atoms. The Morgan fingerprint density at radius 2 is 1.71 bits per heavy atom. The molecule has 0 amide bonds. The Bertz CT molecular complexity index is 721. The van der Waals surface area contributed by atoms with Gasteiger partial charge < -0.3 is 4.74 Å². The minimum absolute atomic E-state index is 0.00725. The largest absolute Gasteiger partial charge is 0.488 e. The number of para-hydroxylation sites is 1. The molecule has 0 heterocycles. The lowest BCUT2D eigenvalue weighted by molar-refractivity contribution is 0.305. The topological polar surface area (TPSA) is 56.8 Å². The first-order valence-electron chi connectivity index (χ1n) is 6.21. The molecule has 0 aliphatic heterocycles. The first-order chi connectivity index (χ1) is 10.2. The van der Waals surface area contributed by atoms with E-state index in [9.17, 15) is 4.39 Å². The molecule has 0 N–H and O–H groups in total. The van der Waals surface area contributed by atoms with Crippen LogP contribution in [0.25, 0.3) is 6.08 Å². The monoisotopic (exact) mass is 278 g/mol. The van der Waals surface area contributed by atoms with Crippen molar-refractivity contribution in [1.29, 1.82) is 10.5 Å². The van der Waals surface area contributed by atoms with Crippen LogP contribution in [-0.4, -0.2) is 0 Å². The molecular formula is C17H11FN2O. The molecule has 3 nitrogen and oxygen atoms in total. The first-order valence-corrected chi connectivity index (χ1v) is 6.21. The number of halogens is 1. The Morgan fingerprint density at radius 1 is 1.05 bits per heavy atom. The third-order valence-electron chi connectivity index (χ3n) is 2.77. The third-order valence-corrected chi connectivity index (χ3v) is 2.77. The van der Waals surface area contributed by atoms with Crippen molar-refractivity contribution in [2.24, 2.45) is 0 Å². The van der Waals surface area contributed by atoms with Crippen LogP contribution in [0.15, 0.2) is 54.1 Å². The average molecular weight is 278 g/mol. The molecule has 2 aromatic carbocycles. The van der Waals surface area contributed by atoms with Crippen LogP contribution in [0.3, 0.4) is 0 Å². The van der Waals surface area contributed by atoms with Gasteiger partial charge in [0.15, 0.2) is 0 Å². The van der Waals surface area contributed by atoms with Crippen LogP contribution in [0.1, 0.15) is 11.1 Å². The second-order valence-electron chi connectivity index (χ2n) is 4.23. The Kier molecular flexibility index (Phi) is 4.69. The molecule has 21 heavy (non-hydrogen) atoms. The number of nitrogens with zero attached hydrogens (tertiary/aromatic N) is 2. The number of rotatable bonds is 4. The van der Waals surface area contributed by atoms with Gasteiger partial charge in [-0.25, -0.2) is 4.39 Å². The second-order valence-corrected chi connectivity index (χ2v) is 4.23. The van der Waals surface area contributed by atoms with Crippen molar-refractivity contribution in [2.45, 2.75) is 6.61 Å². The highest BCUT2D eigenvalue weighted by molar-refractivity contribution is 5.66. The second kappa shape index (κ2) is 6.88. The lowest BCUT2D eigenvalue weighted by Gasteiger charge is -2.09. The zero-order valence-corrected chi connectivity index (χ0v) is 11.1. The zero-order chi connectivity index (χ0) is 15.1. The maximum Gasteiger partial charge on any atom is 0.130 e. The molecule has 0 radical (unpaired) electrons. The quantitative estimate of drug-likeness (QED) is 0.798. The molecule has 0 aromatic heterocycles. The number of benzene rings is 2. The van der Waals surface area contributed by atoms with Crippen LogP contribution in [0.4, 0.5) is 4.39 Å². The Morgan fingerprint density at radius 3 is 2.38 bits per heavy atom. The van der Waals surface area contributed by atoms with Gasteiger partial charge in [-0.15, -0.1) is 0 Å². The van der Waals surface area contributed by atoms with Crippen molar-refractivity contribution in [3.63, 3.8) is 0 Å². The number of allylic oxidation sites excluding steroid dienone is 1. The molecule has 0 saturated carbocycles. The van der Waals surface area contributed by atoms with E-state index in [1.54, 1.807) is 36.4 Å². The molecule has 0 aliphatic carbocycles. The average Bonchev–Trinajstić information content (AvgIpc) is 2.53. The summed E-state index contributed by atoms with van der Waals surface area (Å²) in [7, 11) is 0. The highest BCUT2D eigenvalue weighted by Crippen LogP contribution is 2.22. The fourth-order valence-electron chi connectivity index (χ4n) is 1.72. The highest BCUT2D eigenvalue weighted by atomic mass is 19.1. The van der Waals surface area contributed by atoms with Crippen molar-refractivity contribution < 1.29 is 9.13 Å². The Balaban J connectivity index is 2.18. The van der Waals surface area contributed by atoms with Gasteiger partial charge in [0.05, 0.1) is 0 Å². The van der Waals surface area contributed by atoms with E-state index in [1.165, 1.54) is 18.2 Å². The molecular weight excluding hydrogens is 267 g/mol. The van der Waals surface area contributed by atoms with Crippen molar-refractivity contribution in [2.75, 3.05) is 0 Å². The summed E-state index contributed by atoms with van der Waals surface area (Å²) in [6.07, 6.45) is 1.47. The Labute approximate surface area is 122 Å². The predicted molar refractivity (Wildman–Crippen MR) is 76.4 cm³/mol. The number of hydrogen-bond donors (Lipinski definition) is 0. The van der Waals surface area contributed by atoms with Gasteiger partial charge in [-0.1, -0.05) is 30.3 Å². The molecule has 4 heteroatoms. The van der Waals surface area contributed by atoms with E-state index in [0.717, 1.165) is 5.56 Å². The van der Waals surface area contributed by atoms with Gasteiger partial charge in [0.2, 0.25) is 0 Å². The minimum atomic E-state index is -0.297. The van der Waals surface area contributed by atoms with Gasteiger partial charge in [-0.2, -0.15) is 10.5 Å². The molecule has 0 fully saturated rings. The molecule has 2 aromatic rings. The molecule has 102 valence electrons. The Hall–Kier alpha value is -3.11.